The van der Waals surface area contributed by atoms with Crippen LogP contribution in [0.15, 0.2) is 6.07 Å². The third-order valence-electron chi connectivity index (χ3n) is 1.73. The van der Waals surface area contributed by atoms with E-state index in [9.17, 15) is 9.59 Å². The maximum atomic E-state index is 11.4. The van der Waals surface area contributed by atoms with E-state index in [4.69, 9.17) is 21.6 Å². The van der Waals surface area contributed by atoms with Crippen LogP contribution in [0, 0.1) is 11.3 Å². The van der Waals surface area contributed by atoms with Gasteiger partial charge >= 0.3 is 5.97 Å². The fraction of sp³-hybridized carbons (Fsp3) is 0.200. The van der Waals surface area contributed by atoms with Crippen LogP contribution in [-0.4, -0.2) is 23.8 Å². The summed E-state index contributed by atoms with van der Waals surface area (Å²) in [4.78, 5) is 25.7. The second kappa shape index (κ2) is 5.24. The average Bonchev–Trinajstić information content (AvgIpc) is 2.28. The van der Waals surface area contributed by atoms with E-state index in [1.165, 1.54) is 6.07 Å². The predicted octanol–water partition coefficient (Wildman–Crippen LogP) is 1.60. The van der Waals surface area contributed by atoms with Gasteiger partial charge in [-0.2, -0.15) is 5.26 Å². The van der Waals surface area contributed by atoms with E-state index in [0.29, 0.717) is 6.29 Å². The largest absolute Gasteiger partial charge is 0.462 e. The number of pyridine rings is 1. The van der Waals surface area contributed by atoms with Gasteiger partial charge in [-0.15, -0.1) is 0 Å². The third-order valence-corrected chi connectivity index (χ3v) is 2.02. The first-order chi connectivity index (χ1) is 7.63. The highest BCUT2D eigenvalue weighted by Crippen LogP contribution is 2.17. The van der Waals surface area contributed by atoms with Crippen molar-refractivity contribution in [2.75, 3.05) is 6.61 Å². The normalized spacial score (nSPS) is 9.31. The molecule has 0 aromatic carbocycles. The Morgan fingerprint density at radius 2 is 2.44 bits per heavy atom. The fourth-order valence-corrected chi connectivity index (χ4v) is 1.23. The lowest BCUT2D eigenvalue weighted by molar-refractivity contribution is 0.0523. The Balaban J connectivity index is 3.31. The maximum Gasteiger partial charge on any atom is 0.340 e. The molecule has 0 fully saturated rings. The minimum Gasteiger partial charge on any atom is -0.462 e. The molecule has 0 spiro atoms. The zero-order valence-electron chi connectivity index (χ0n) is 8.36. The Morgan fingerprint density at radius 1 is 1.75 bits per heavy atom. The number of nitriles is 1. The summed E-state index contributed by atoms with van der Waals surface area (Å²) in [7, 11) is 0. The summed E-state index contributed by atoms with van der Waals surface area (Å²) in [6.07, 6.45) is 0.388. The molecule has 0 saturated carbocycles. The molecule has 16 heavy (non-hydrogen) atoms. The Kier molecular flexibility index (Phi) is 3.97. The van der Waals surface area contributed by atoms with Gasteiger partial charge in [0.15, 0.2) is 6.29 Å². The van der Waals surface area contributed by atoms with Crippen molar-refractivity contribution < 1.29 is 14.3 Å². The van der Waals surface area contributed by atoms with Crippen LogP contribution in [0.2, 0.25) is 5.15 Å². The molecule has 0 unspecified atom stereocenters. The van der Waals surface area contributed by atoms with Crippen LogP contribution in [0.3, 0.4) is 0 Å². The van der Waals surface area contributed by atoms with Gasteiger partial charge in [0, 0.05) is 0 Å². The highest BCUT2D eigenvalue weighted by molar-refractivity contribution is 6.30. The first kappa shape index (κ1) is 12.1. The molecule has 5 nitrogen and oxygen atoms in total. The summed E-state index contributed by atoms with van der Waals surface area (Å²) in [5, 5.41) is 8.59. The molecule has 0 amide bonds. The Morgan fingerprint density at radius 3 is 2.94 bits per heavy atom. The number of ether oxygens (including phenoxy) is 1. The zero-order valence-corrected chi connectivity index (χ0v) is 9.11. The monoisotopic (exact) mass is 238 g/mol. The fourth-order valence-electron chi connectivity index (χ4n) is 1.04. The van der Waals surface area contributed by atoms with Crippen molar-refractivity contribution in [2.24, 2.45) is 0 Å². The van der Waals surface area contributed by atoms with Crippen molar-refractivity contribution in [3.05, 3.63) is 28.0 Å². The summed E-state index contributed by atoms with van der Waals surface area (Å²) < 4.78 is 4.72. The minimum absolute atomic E-state index is 0.0234. The number of aromatic nitrogens is 1. The number of carbonyl (C=O) groups is 2. The van der Waals surface area contributed by atoms with Crippen LogP contribution in [0.5, 0.6) is 0 Å². The molecule has 0 aliphatic heterocycles. The van der Waals surface area contributed by atoms with Crippen LogP contribution in [0.1, 0.15) is 33.3 Å². The van der Waals surface area contributed by atoms with E-state index < -0.39 is 5.97 Å². The lowest BCUT2D eigenvalue weighted by Crippen LogP contribution is -2.10. The Hall–Kier alpha value is -1.93. The smallest absolute Gasteiger partial charge is 0.340 e. The van der Waals surface area contributed by atoms with E-state index in [0.717, 1.165) is 0 Å². The molecule has 1 aromatic rings. The van der Waals surface area contributed by atoms with Gasteiger partial charge in [-0.05, 0) is 13.0 Å². The molecule has 1 rings (SSSR count). The van der Waals surface area contributed by atoms with Crippen LogP contribution in [0.25, 0.3) is 0 Å². The number of esters is 1. The summed E-state index contributed by atoms with van der Waals surface area (Å²) in [6.45, 7) is 1.80. The van der Waals surface area contributed by atoms with Gasteiger partial charge in [-0.3, -0.25) is 4.79 Å². The third kappa shape index (κ3) is 2.35. The van der Waals surface area contributed by atoms with Crippen molar-refractivity contribution in [1.82, 2.24) is 4.98 Å². The number of carbonyl (C=O) groups excluding carboxylic acids is 2. The first-order valence-corrected chi connectivity index (χ1v) is 4.74. The first-order valence-electron chi connectivity index (χ1n) is 4.37. The number of aldehydes is 1. The van der Waals surface area contributed by atoms with E-state index >= 15 is 0 Å². The number of rotatable bonds is 3. The molecule has 0 bridgehead atoms. The van der Waals surface area contributed by atoms with Gasteiger partial charge in [-0.1, -0.05) is 11.6 Å². The van der Waals surface area contributed by atoms with Crippen molar-refractivity contribution >= 4 is 23.9 Å². The lowest BCUT2D eigenvalue weighted by Gasteiger charge is -2.04. The predicted molar refractivity (Wildman–Crippen MR) is 55.3 cm³/mol. The Bertz CT molecular complexity index is 480. The van der Waals surface area contributed by atoms with Crippen LogP contribution < -0.4 is 0 Å². The lowest BCUT2D eigenvalue weighted by atomic mass is 10.1. The molecule has 0 N–H and O–H groups in total. The highest BCUT2D eigenvalue weighted by atomic mass is 35.5. The summed E-state index contributed by atoms with van der Waals surface area (Å²) in [5.74, 6) is -0.703. The molecule has 0 saturated heterocycles. The topological polar surface area (TPSA) is 80.1 Å². The van der Waals surface area contributed by atoms with Gasteiger partial charge < -0.3 is 4.74 Å². The molecule has 6 heteroatoms. The quantitative estimate of drug-likeness (QED) is 0.454. The second-order valence-corrected chi connectivity index (χ2v) is 3.07. The summed E-state index contributed by atoms with van der Waals surface area (Å²) in [5.41, 5.74) is -0.171. The molecular formula is C10H7ClN2O3. The van der Waals surface area contributed by atoms with Gasteiger partial charge in [0.05, 0.1) is 17.7 Å². The van der Waals surface area contributed by atoms with Crippen molar-refractivity contribution in [3.8, 4) is 6.07 Å². The molecule has 1 heterocycles. The van der Waals surface area contributed by atoms with Gasteiger partial charge in [0.25, 0.3) is 0 Å². The molecule has 1 aromatic heterocycles. The average molecular weight is 239 g/mol. The maximum absolute atomic E-state index is 11.4. The van der Waals surface area contributed by atoms with E-state index in [1.54, 1.807) is 13.0 Å². The SMILES string of the molecule is CCOC(=O)c1cc(C#N)c(Cl)nc1C=O. The van der Waals surface area contributed by atoms with Gasteiger partial charge in [-0.25, -0.2) is 9.78 Å². The number of hydrogen-bond acceptors (Lipinski definition) is 5. The molecule has 0 aliphatic rings. The van der Waals surface area contributed by atoms with E-state index in [2.05, 4.69) is 4.98 Å². The summed E-state index contributed by atoms with van der Waals surface area (Å²) in [6, 6.07) is 2.96. The van der Waals surface area contributed by atoms with Crippen LogP contribution in [0.4, 0.5) is 0 Å². The minimum atomic E-state index is -0.703. The molecule has 82 valence electrons. The van der Waals surface area contributed by atoms with Crippen LogP contribution >= 0.6 is 11.6 Å². The second-order valence-electron chi connectivity index (χ2n) is 2.71. The number of hydrogen-bond donors (Lipinski definition) is 0. The van der Waals surface area contributed by atoms with Gasteiger partial charge in [0.2, 0.25) is 0 Å². The van der Waals surface area contributed by atoms with E-state index in [-0.39, 0.29) is 28.6 Å². The molecule has 0 atom stereocenters. The molecular weight excluding hydrogens is 232 g/mol. The Labute approximate surface area is 96.6 Å². The zero-order chi connectivity index (χ0) is 12.1. The molecule has 0 aliphatic carbocycles. The summed E-state index contributed by atoms with van der Waals surface area (Å²) >= 11 is 5.62. The highest BCUT2D eigenvalue weighted by Gasteiger charge is 2.17. The molecule has 0 radical (unpaired) electrons. The van der Waals surface area contributed by atoms with Crippen molar-refractivity contribution in [2.45, 2.75) is 6.92 Å². The van der Waals surface area contributed by atoms with E-state index in [1.807, 2.05) is 0 Å². The number of halogens is 1. The van der Waals surface area contributed by atoms with Crippen LogP contribution in [-0.2, 0) is 4.74 Å². The van der Waals surface area contributed by atoms with Crippen molar-refractivity contribution in [3.63, 3.8) is 0 Å². The number of nitrogens with zero attached hydrogens (tertiary/aromatic N) is 2. The van der Waals surface area contributed by atoms with Gasteiger partial charge in [0.1, 0.15) is 16.9 Å². The standard InChI is InChI=1S/C10H7ClN2O3/c1-2-16-10(15)7-3-6(4-12)9(11)13-8(7)5-14/h3,5H,2H2,1H3. The van der Waals surface area contributed by atoms with Crippen molar-refractivity contribution in [1.29, 1.82) is 5.26 Å².